The van der Waals surface area contributed by atoms with Crippen LogP contribution in [0.5, 0.6) is 0 Å². The minimum atomic E-state index is 0.0962. The van der Waals surface area contributed by atoms with E-state index < -0.39 is 0 Å². The lowest BCUT2D eigenvalue weighted by Gasteiger charge is -2.20. The van der Waals surface area contributed by atoms with E-state index in [1.807, 2.05) is 0 Å². The van der Waals surface area contributed by atoms with Gasteiger partial charge < -0.3 is 10.3 Å². The SMILES string of the molecule is CC(C)C(N)c1cn(C)c2ccc(C(C)(C)C)cc12. The van der Waals surface area contributed by atoms with Gasteiger partial charge in [0, 0.05) is 30.2 Å². The second-order valence-corrected chi connectivity index (χ2v) is 6.95. The first kappa shape index (κ1) is 14.1. The molecular formula is C17H26N2. The van der Waals surface area contributed by atoms with Crippen molar-refractivity contribution in [3.8, 4) is 0 Å². The van der Waals surface area contributed by atoms with Crippen molar-refractivity contribution < 1.29 is 0 Å². The van der Waals surface area contributed by atoms with E-state index in [1.54, 1.807) is 0 Å². The van der Waals surface area contributed by atoms with E-state index in [-0.39, 0.29) is 11.5 Å². The lowest BCUT2D eigenvalue weighted by molar-refractivity contribution is 0.516. The third-order valence-corrected chi connectivity index (χ3v) is 3.96. The second-order valence-electron chi connectivity index (χ2n) is 6.95. The molecule has 1 aromatic heterocycles. The fourth-order valence-corrected chi connectivity index (χ4v) is 2.51. The first-order valence-electron chi connectivity index (χ1n) is 7.07. The van der Waals surface area contributed by atoms with Crippen LogP contribution in [0.2, 0.25) is 0 Å². The summed E-state index contributed by atoms with van der Waals surface area (Å²) in [4.78, 5) is 0. The topological polar surface area (TPSA) is 30.9 Å². The van der Waals surface area contributed by atoms with Crippen molar-refractivity contribution in [2.45, 2.75) is 46.1 Å². The molecule has 0 fully saturated rings. The number of nitrogens with zero attached hydrogens (tertiary/aromatic N) is 1. The normalized spacial score (nSPS) is 14.3. The molecule has 104 valence electrons. The van der Waals surface area contributed by atoms with Crippen LogP contribution >= 0.6 is 0 Å². The first-order chi connectivity index (χ1) is 8.71. The molecule has 0 amide bonds. The second kappa shape index (κ2) is 4.68. The molecule has 2 aromatic rings. The van der Waals surface area contributed by atoms with Crippen LogP contribution in [0, 0.1) is 5.92 Å². The van der Waals surface area contributed by atoms with Crippen LogP contribution < -0.4 is 5.73 Å². The molecule has 2 rings (SSSR count). The van der Waals surface area contributed by atoms with E-state index in [9.17, 15) is 0 Å². The first-order valence-corrected chi connectivity index (χ1v) is 7.07. The van der Waals surface area contributed by atoms with Gasteiger partial charge in [0.15, 0.2) is 0 Å². The van der Waals surface area contributed by atoms with Gasteiger partial charge >= 0.3 is 0 Å². The Morgan fingerprint density at radius 3 is 2.32 bits per heavy atom. The number of fused-ring (bicyclic) bond motifs is 1. The van der Waals surface area contributed by atoms with E-state index in [1.165, 1.54) is 22.0 Å². The van der Waals surface area contributed by atoms with Gasteiger partial charge in [0.2, 0.25) is 0 Å². The lowest BCUT2D eigenvalue weighted by atomic mass is 9.85. The van der Waals surface area contributed by atoms with Crippen LogP contribution in [-0.4, -0.2) is 4.57 Å². The minimum Gasteiger partial charge on any atom is -0.350 e. The van der Waals surface area contributed by atoms with Crippen LogP contribution in [0.3, 0.4) is 0 Å². The Kier molecular flexibility index (Phi) is 3.48. The van der Waals surface area contributed by atoms with Crippen molar-refractivity contribution in [3.05, 3.63) is 35.5 Å². The molecule has 1 heterocycles. The highest BCUT2D eigenvalue weighted by atomic mass is 14.9. The fraction of sp³-hybridized carbons (Fsp3) is 0.529. The predicted octanol–water partition coefficient (Wildman–Crippen LogP) is 4.13. The molecule has 2 nitrogen and oxygen atoms in total. The molecular weight excluding hydrogens is 232 g/mol. The molecule has 0 aliphatic heterocycles. The van der Waals surface area contributed by atoms with Crippen molar-refractivity contribution in [3.63, 3.8) is 0 Å². The third kappa shape index (κ3) is 2.55. The molecule has 2 heteroatoms. The van der Waals surface area contributed by atoms with Crippen LogP contribution in [0.4, 0.5) is 0 Å². The van der Waals surface area contributed by atoms with Gasteiger partial charge in [-0.2, -0.15) is 0 Å². The van der Waals surface area contributed by atoms with E-state index in [4.69, 9.17) is 5.73 Å². The molecule has 1 atom stereocenters. The zero-order valence-corrected chi connectivity index (χ0v) is 13.0. The largest absolute Gasteiger partial charge is 0.350 e. The molecule has 0 spiro atoms. The molecule has 1 aromatic carbocycles. The van der Waals surface area contributed by atoms with Gasteiger partial charge in [-0.3, -0.25) is 0 Å². The summed E-state index contributed by atoms with van der Waals surface area (Å²) in [6.45, 7) is 11.1. The summed E-state index contributed by atoms with van der Waals surface area (Å²) in [6.07, 6.45) is 2.18. The Balaban J connectivity index is 2.66. The molecule has 0 saturated heterocycles. The summed E-state index contributed by atoms with van der Waals surface area (Å²) in [5, 5.41) is 1.30. The highest BCUT2D eigenvalue weighted by Crippen LogP contribution is 2.32. The summed E-state index contributed by atoms with van der Waals surface area (Å²) in [6, 6.07) is 6.85. The van der Waals surface area contributed by atoms with E-state index in [2.05, 4.69) is 70.6 Å². The summed E-state index contributed by atoms with van der Waals surface area (Å²) < 4.78 is 2.18. The number of aryl methyl sites for hydroxylation is 1. The molecule has 1 unspecified atom stereocenters. The van der Waals surface area contributed by atoms with Crippen LogP contribution in [0.25, 0.3) is 10.9 Å². The third-order valence-electron chi connectivity index (χ3n) is 3.96. The molecule has 0 saturated carbocycles. The summed E-state index contributed by atoms with van der Waals surface area (Å²) in [7, 11) is 2.09. The minimum absolute atomic E-state index is 0.0962. The highest BCUT2D eigenvalue weighted by molar-refractivity contribution is 5.85. The standard InChI is InChI=1S/C17H26N2/c1-11(2)16(18)14-10-19(6)15-8-7-12(9-13(14)15)17(3,4)5/h7-11,16H,18H2,1-6H3. The van der Waals surface area contributed by atoms with Crippen molar-refractivity contribution >= 4 is 10.9 Å². The van der Waals surface area contributed by atoms with Gasteiger partial charge in [-0.25, -0.2) is 0 Å². The zero-order valence-electron chi connectivity index (χ0n) is 13.0. The Morgan fingerprint density at radius 1 is 1.16 bits per heavy atom. The predicted molar refractivity (Wildman–Crippen MR) is 83.4 cm³/mol. The van der Waals surface area contributed by atoms with E-state index >= 15 is 0 Å². The van der Waals surface area contributed by atoms with Gasteiger partial charge in [0.25, 0.3) is 0 Å². The number of nitrogens with two attached hydrogens (primary N) is 1. The van der Waals surface area contributed by atoms with Crippen molar-refractivity contribution in [2.24, 2.45) is 18.7 Å². The van der Waals surface area contributed by atoms with Crippen molar-refractivity contribution in [2.75, 3.05) is 0 Å². The van der Waals surface area contributed by atoms with Gasteiger partial charge in [0.05, 0.1) is 0 Å². The quantitative estimate of drug-likeness (QED) is 0.862. The van der Waals surface area contributed by atoms with Crippen molar-refractivity contribution in [1.82, 2.24) is 4.57 Å². The number of hydrogen-bond donors (Lipinski definition) is 1. The van der Waals surface area contributed by atoms with Gasteiger partial charge in [-0.15, -0.1) is 0 Å². The highest BCUT2D eigenvalue weighted by Gasteiger charge is 2.19. The summed E-state index contributed by atoms with van der Waals surface area (Å²) in [5.41, 5.74) is 10.4. The van der Waals surface area contributed by atoms with Crippen LogP contribution in [0.15, 0.2) is 24.4 Å². The molecule has 0 bridgehead atoms. The maximum Gasteiger partial charge on any atom is 0.0481 e. The van der Waals surface area contributed by atoms with Gasteiger partial charge in [0.1, 0.15) is 0 Å². The van der Waals surface area contributed by atoms with Crippen LogP contribution in [-0.2, 0) is 12.5 Å². The summed E-state index contributed by atoms with van der Waals surface area (Å²) in [5.74, 6) is 0.448. The molecule has 19 heavy (non-hydrogen) atoms. The average molecular weight is 258 g/mol. The van der Waals surface area contributed by atoms with Crippen molar-refractivity contribution in [1.29, 1.82) is 0 Å². The zero-order chi connectivity index (χ0) is 14.4. The lowest BCUT2D eigenvalue weighted by Crippen LogP contribution is -2.16. The average Bonchev–Trinajstić information content (AvgIpc) is 2.64. The van der Waals surface area contributed by atoms with E-state index in [0.29, 0.717) is 5.92 Å². The van der Waals surface area contributed by atoms with E-state index in [0.717, 1.165) is 0 Å². The molecule has 0 aliphatic carbocycles. The number of hydrogen-bond acceptors (Lipinski definition) is 1. The Bertz CT molecular complexity index is 585. The fourth-order valence-electron chi connectivity index (χ4n) is 2.51. The Hall–Kier alpha value is -1.28. The Morgan fingerprint density at radius 2 is 1.79 bits per heavy atom. The van der Waals surface area contributed by atoms with Gasteiger partial charge in [-0.1, -0.05) is 40.7 Å². The Labute approximate surface area is 116 Å². The number of aromatic nitrogens is 1. The maximum atomic E-state index is 6.36. The number of rotatable bonds is 2. The van der Waals surface area contributed by atoms with Gasteiger partial charge in [-0.05, 0) is 34.6 Å². The molecule has 2 N–H and O–H groups in total. The maximum absolute atomic E-state index is 6.36. The summed E-state index contributed by atoms with van der Waals surface area (Å²) >= 11 is 0. The number of benzene rings is 1. The molecule has 0 aliphatic rings. The molecule has 0 radical (unpaired) electrons. The van der Waals surface area contributed by atoms with Crippen LogP contribution in [0.1, 0.15) is 51.8 Å². The monoisotopic (exact) mass is 258 g/mol. The smallest absolute Gasteiger partial charge is 0.0481 e.